The highest BCUT2D eigenvalue weighted by Gasteiger charge is 2.30. The van der Waals surface area contributed by atoms with Gasteiger partial charge in [-0.2, -0.15) is 13.2 Å². The van der Waals surface area contributed by atoms with Crippen LogP contribution in [0.4, 0.5) is 23.2 Å². The number of nitrogens with one attached hydrogen (secondary N) is 1. The Morgan fingerprint density at radius 1 is 0.875 bits per heavy atom. The molecule has 1 amide bonds. The number of benzene rings is 2. The molecule has 0 bridgehead atoms. The van der Waals surface area contributed by atoms with Gasteiger partial charge in [0.05, 0.1) is 5.56 Å². The second kappa shape index (κ2) is 12.4. The molecule has 0 aliphatic carbocycles. The Morgan fingerprint density at radius 2 is 1.55 bits per heavy atom. The molecular formula is C31H34F4N4O. The SMILES string of the molecule is O=C(NC1CCN(Cc2ccc(F)cc2)CC1)c1cc(CC2CCN(c3ccc(C(F)(F)F)cc3)CC2)ccn1. The number of alkyl halides is 3. The molecule has 0 saturated carbocycles. The van der Waals surface area contributed by atoms with E-state index in [1.54, 1.807) is 18.3 Å². The molecule has 3 heterocycles. The van der Waals surface area contributed by atoms with E-state index in [0.29, 0.717) is 11.6 Å². The van der Waals surface area contributed by atoms with Crippen LogP contribution in [0.25, 0.3) is 0 Å². The summed E-state index contributed by atoms with van der Waals surface area (Å²) in [5.41, 5.74) is 2.76. The smallest absolute Gasteiger partial charge is 0.372 e. The Kier molecular flexibility index (Phi) is 8.69. The van der Waals surface area contributed by atoms with E-state index in [0.717, 1.165) is 93.8 Å². The zero-order valence-corrected chi connectivity index (χ0v) is 22.3. The van der Waals surface area contributed by atoms with Gasteiger partial charge in [-0.1, -0.05) is 12.1 Å². The average molecular weight is 555 g/mol. The predicted octanol–water partition coefficient (Wildman–Crippen LogP) is 6.09. The van der Waals surface area contributed by atoms with E-state index in [9.17, 15) is 22.4 Å². The molecule has 2 saturated heterocycles. The summed E-state index contributed by atoms with van der Waals surface area (Å²) >= 11 is 0. The van der Waals surface area contributed by atoms with E-state index < -0.39 is 11.7 Å². The number of aromatic nitrogens is 1. The largest absolute Gasteiger partial charge is 0.416 e. The van der Waals surface area contributed by atoms with Gasteiger partial charge >= 0.3 is 6.18 Å². The molecule has 5 nitrogen and oxygen atoms in total. The van der Waals surface area contributed by atoms with E-state index >= 15 is 0 Å². The number of carbonyl (C=O) groups is 1. The number of piperidine rings is 2. The maximum absolute atomic E-state index is 13.1. The van der Waals surface area contributed by atoms with Crippen molar-refractivity contribution in [1.82, 2.24) is 15.2 Å². The number of hydrogen-bond donors (Lipinski definition) is 1. The summed E-state index contributed by atoms with van der Waals surface area (Å²) < 4.78 is 51.7. The summed E-state index contributed by atoms with van der Waals surface area (Å²) in [6, 6.07) is 15.9. The van der Waals surface area contributed by atoms with Crippen LogP contribution in [0, 0.1) is 11.7 Å². The number of pyridine rings is 1. The van der Waals surface area contributed by atoms with Gasteiger partial charge in [0.25, 0.3) is 5.91 Å². The van der Waals surface area contributed by atoms with E-state index in [2.05, 4.69) is 20.1 Å². The number of amides is 1. The van der Waals surface area contributed by atoms with Crippen LogP contribution in [0.5, 0.6) is 0 Å². The molecule has 0 radical (unpaired) electrons. The van der Waals surface area contributed by atoms with E-state index in [-0.39, 0.29) is 17.8 Å². The number of hydrogen-bond acceptors (Lipinski definition) is 4. The molecular weight excluding hydrogens is 520 g/mol. The second-order valence-corrected chi connectivity index (χ2v) is 10.9. The first kappa shape index (κ1) is 28.1. The number of likely N-dealkylation sites (tertiary alicyclic amines) is 1. The lowest BCUT2D eigenvalue weighted by Gasteiger charge is -2.34. The lowest BCUT2D eigenvalue weighted by molar-refractivity contribution is -0.137. The minimum Gasteiger partial charge on any atom is -0.372 e. The van der Waals surface area contributed by atoms with Gasteiger partial charge in [0.2, 0.25) is 0 Å². The first-order valence-corrected chi connectivity index (χ1v) is 13.9. The Balaban J connectivity index is 1.07. The summed E-state index contributed by atoms with van der Waals surface area (Å²) in [6.45, 7) is 4.07. The summed E-state index contributed by atoms with van der Waals surface area (Å²) in [5.74, 6) is 0.0512. The number of rotatable bonds is 7. The molecule has 0 spiro atoms. The van der Waals surface area contributed by atoms with Crippen LogP contribution in [-0.2, 0) is 19.1 Å². The zero-order chi connectivity index (χ0) is 28.1. The normalized spacial score (nSPS) is 17.6. The maximum Gasteiger partial charge on any atom is 0.416 e. The summed E-state index contributed by atoms with van der Waals surface area (Å²) in [4.78, 5) is 21.7. The molecule has 2 aliphatic heterocycles. The van der Waals surface area contributed by atoms with Crippen LogP contribution in [0.15, 0.2) is 66.9 Å². The Bertz CT molecular complexity index is 1260. The molecule has 2 fully saturated rings. The van der Waals surface area contributed by atoms with Gasteiger partial charge < -0.3 is 10.2 Å². The van der Waals surface area contributed by atoms with Gasteiger partial charge in [0, 0.05) is 50.6 Å². The lowest BCUT2D eigenvalue weighted by Crippen LogP contribution is -2.44. The Morgan fingerprint density at radius 3 is 2.20 bits per heavy atom. The van der Waals surface area contributed by atoms with Crippen molar-refractivity contribution in [1.29, 1.82) is 0 Å². The number of carbonyl (C=O) groups excluding carboxylic acids is 1. The molecule has 9 heteroatoms. The quantitative estimate of drug-likeness (QED) is 0.359. The fraction of sp³-hybridized carbons (Fsp3) is 0.419. The number of anilines is 1. The van der Waals surface area contributed by atoms with Crippen LogP contribution in [0.1, 0.15) is 52.9 Å². The summed E-state index contributed by atoms with van der Waals surface area (Å²) in [7, 11) is 0. The van der Waals surface area contributed by atoms with Gasteiger partial charge in [-0.25, -0.2) is 4.39 Å². The molecule has 2 aliphatic rings. The highest BCUT2D eigenvalue weighted by Crippen LogP contribution is 2.32. The first-order chi connectivity index (χ1) is 19.2. The number of nitrogens with zero attached hydrogens (tertiary/aromatic N) is 3. The van der Waals surface area contributed by atoms with Gasteiger partial charge in [0.15, 0.2) is 0 Å². The monoisotopic (exact) mass is 554 g/mol. The van der Waals surface area contributed by atoms with Gasteiger partial charge in [-0.15, -0.1) is 0 Å². The van der Waals surface area contributed by atoms with Crippen molar-refractivity contribution in [3.63, 3.8) is 0 Å². The van der Waals surface area contributed by atoms with E-state index in [4.69, 9.17) is 0 Å². The molecule has 212 valence electrons. The molecule has 0 atom stereocenters. The maximum atomic E-state index is 13.1. The highest BCUT2D eigenvalue weighted by atomic mass is 19.4. The van der Waals surface area contributed by atoms with Gasteiger partial charge in [0.1, 0.15) is 11.5 Å². The summed E-state index contributed by atoms with van der Waals surface area (Å²) in [5, 5.41) is 3.14. The average Bonchev–Trinajstić information content (AvgIpc) is 2.95. The predicted molar refractivity (Wildman–Crippen MR) is 146 cm³/mol. The van der Waals surface area contributed by atoms with Crippen LogP contribution in [0.2, 0.25) is 0 Å². The molecule has 1 aromatic heterocycles. The van der Waals surface area contributed by atoms with Crippen molar-refractivity contribution >= 4 is 11.6 Å². The third-order valence-corrected chi connectivity index (χ3v) is 8.00. The zero-order valence-electron chi connectivity index (χ0n) is 22.3. The van der Waals surface area contributed by atoms with E-state index in [1.165, 1.54) is 12.1 Å². The minimum atomic E-state index is -4.32. The van der Waals surface area contributed by atoms with Crippen molar-refractivity contribution in [3.8, 4) is 0 Å². The highest BCUT2D eigenvalue weighted by molar-refractivity contribution is 5.92. The molecule has 1 N–H and O–H groups in total. The fourth-order valence-electron chi connectivity index (χ4n) is 5.66. The Labute approximate surface area is 232 Å². The number of halogens is 4. The van der Waals surface area contributed by atoms with Crippen molar-refractivity contribution in [2.24, 2.45) is 5.92 Å². The van der Waals surface area contributed by atoms with Crippen molar-refractivity contribution in [2.45, 2.75) is 50.9 Å². The van der Waals surface area contributed by atoms with Gasteiger partial charge in [-0.3, -0.25) is 14.7 Å². The van der Waals surface area contributed by atoms with Gasteiger partial charge in [-0.05, 0) is 97.7 Å². The van der Waals surface area contributed by atoms with Crippen LogP contribution >= 0.6 is 0 Å². The second-order valence-electron chi connectivity index (χ2n) is 10.9. The van der Waals surface area contributed by atoms with Crippen molar-refractivity contribution < 1.29 is 22.4 Å². The minimum absolute atomic E-state index is 0.0944. The molecule has 5 rings (SSSR count). The van der Waals surface area contributed by atoms with Crippen LogP contribution < -0.4 is 10.2 Å². The van der Waals surface area contributed by atoms with E-state index in [1.807, 2.05) is 24.3 Å². The third-order valence-electron chi connectivity index (χ3n) is 8.00. The standard InChI is InChI=1S/C31H34F4N4O/c32-26-5-1-23(2-6-26)21-38-15-12-27(13-16-38)37-30(40)29-20-24(9-14-36-29)19-22-10-17-39(18-11-22)28-7-3-25(4-8-28)31(33,34)35/h1-9,14,20,22,27H,10-13,15-19,21H2,(H,37,40). The molecule has 3 aromatic rings. The summed E-state index contributed by atoms with van der Waals surface area (Å²) in [6.07, 6.45) is 1.77. The van der Waals surface area contributed by atoms with Crippen molar-refractivity contribution in [3.05, 3.63) is 95.1 Å². The topological polar surface area (TPSA) is 48.5 Å². The molecule has 40 heavy (non-hydrogen) atoms. The van der Waals surface area contributed by atoms with Crippen LogP contribution in [-0.4, -0.2) is 48.0 Å². The lowest BCUT2D eigenvalue weighted by atomic mass is 9.90. The molecule has 0 unspecified atom stereocenters. The first-order valence-electron chi connectivity index (χ1n) is 13.9. The van der Waals surface area contributed by atoms with Crippen LogP contribution in [0.3, 0.4) is 0 Å². The van der Waals surface area contributed by atoms with Crippen molar-refractivity contribution in [2.75, 3.05) is 31.1 Å². The molecule has 2 aromatic carbocycles. The Hall–Kier alpha value is -3.46. The third kappa shape index (κ3) is 7.38. The fourth-order valence-corrected chi connectivity index (χ4v) is 5.66.